The molecule has 0 fully saturated rings. The van der Waals surface area contributed by atoms with Crippen LogP contribution < -0.4 is 5.73 Å². The summed E-state index contributed by atoms with van der Waals surface area (Å²) in [5.74, 6) is 1.27. The Bertz CT molecular complexity index is 485. The molecule has 0 amide bonds. The van der Waals surface area contributed by atoms with Crippen LogP contribution in [0.2, 0.25) is 0 Å². The van der Waals surface area contributed by atoms with Crippen molar-refractivity contribution >= 4 is 5.69 Å². The molecule has 2 aromatic rings. The van der Waals surface area contributed by atoms with Gasteiger partial charge in [0.05, 0.1) is 0 Å². The highest BCUT2D eigenvalue weighted by molar-refractivity contribution is 5.63. The molecule has 16 heavy (non-hydrogen) atoms. The lowest BCUT2D eigenvalue weighted by molar-refractivity contribution is 0.365. The maximum Gasteiger partial charge on any atom is 0.229 e. The molecule has 0 radical (unpaired) electrons. The van der Waals surface area contributed by atoms with Crippen LogP contribution in [0.15, 0.2) is 22.7 Å². The molecule has 2 rings (SSSR count). The number of nitrogens with two attached hydrogens (primary N) is 1. The van der Waals surface area contributed by atoms with E-state index < -0.39 is 0 Å². The minimum absolute atomic E-state index is 0.0888. The topological polar surface area (TPSA) is 85.2 Å². The number of anilines is 1. The average Bonchev–Trinajstić information content (AvgIpc) is 2.64. The van der Waals surface area contributed by atoms with E-state index in [1.165, 1.54) is 6.07 Å². The van der Waals surface area contributed by atoms with Crippen LogP contribution in [0.5, 0.6) is 5.75 Å². The van der Waals surface area contributed by atoms with E-state index in [1.54, 1.807) is 12.1 Å². The molecule has 0 saturated carbocycles. The van der Waals surface area contributed by atoms with Crippen LogP contribution in [0.4, 0.5) is 5.69 Å². The maximum absolute atomic E-state index is 9.41. The molecule has 1 aromatic carbocycles. The summed E-state index contributed by atoms with van der Waals surface area (Å²) in [6.07, 6.45) is 0. The number of aromatic hydroxyl groups is 1. The molecule has 3 N–H and O–H groups in total. The van der Waals surface area contributed by atoms with Crippen LogP contribution in [0.25, 0.3) is 11.4 Å². The summed E-state index contributed by atoms with van der Waals surface area (Å²) in [7, 11) is 0. The van der Waals surface area contributed by atoms with Gasteiger partial charge in [0.2, 0.25) is 11.7 Å². The lowest BCUT2D eigenvalue weighted by Crippen LogP contribution is -1.89. The van der Waals surface area contributed by atoms with Crippen molar-refractivity contribution in [3.8, 4) is 17.1 Å². The van der Waals surface area contributed by atoms with Gasteiger partial charge in [-0.05, 0) is 12.1 Å². The molecule has 5 nitrogen and oxygen atoms in total. The van der Waals surface area contributed by atoms with E-state index in [0.717, 1.165) is 0 Å². The summed E-state index contributed by atoms with van der Waals surface area (Å²) >= 11 is 0. The third-order valence-electron chi connectivity index (χ3n) is 2.13. The highest BCUT2D eigenvalue weighted by atomic mass is 16.5. The number of aromatic nitrogens is 2. The summed E-state index contributed by atoms with van der Waals surface area (Å²) < 4.78 is 5.08. The van der Waals surface area contributed by atoms with E-state index in [1.807, 2.05) is 13.8 Å². The number of phenols is 1. The van der Waals surface area contributed by atoms with E-state index in [2.05, 4.69) is 10.1 Å². The average molecular weight is 219 g/mol. The van der Waals surface area contributed by atoms with Crippen molar-refractivity contribution in [1.29, 1.82) is 0 Å². The van der Waals surface area contributed by atoms with E-state index in [4.69, 9.17) is 10.3 Å². The minimum Gasteiger partial charge on any atom is -0.508 e. The van der Waals surface area contributed by atoms with Crippen molar-refractivity contribution in [2.24, 2.45) is 0 Å². The Morgan fingerprint density at radius 1 is 1.31 bits per heavy atom. The van der Waals surface area contributed by atoms with Crippen molar-refractivity contribution in [2.45, 2.75) is 19.8 Å². The van der Waals surface area contributed by atoms with Crippen molar-refractivity contribution in [1.82, 2.24) is 10.1 Å². The van der Waals surface area contributed by atoms with Gasteiger partial charge in [0.1, 0.15) is 5.75 Å². The van der Waals surface area contributed by atoms with Crippen molar-refractivity contribution in [2.75, 3.05) is 5.73 Å². The van der Waals surface area contributed by atoms with Gasteiger partial charge in [0, 0.05) is 23.2 Å². The maximum atomic E-state index is 9.41. The van der Waals surface area contributed by atoms with Crippen molar-refractivity contribution in [3.63, 3.8) is 0 Å². The lowest BCUT2D eigenvalue weighted by atomic mass is 10.2. The first-order valence-corrected chi connectivity index (χ1v) is 5.00. The molecular weight excluding hydrogens is 206 g/mol. The van der Waals surface area contributed by atoms with Crippen LogP contribution >= 0.6 is 0 Å². The number of nitrogens with zero attached hydrogens (tertiary/aromatic N) is 2. The monoisotopic (exact) mass is 219 g/mol. The fraction of sp³-hybridized carbons (Fsp3) is 0.273. The molecule has 0 bridgehead atoms. The van der Waals surface area contributed by atoms with Crippen molar-refractivity contribution in [3.05, 3.63) is 24.1 Å². The number of nitrogen functional groups attached to an aromatic ring is 1. The van der Waals surface area contributed by atoms with Crippen LogP contribution in [0.1, 0.15) is 25.7 Å². The molecule has 1 heterocycles. The molecule has 0 atom stereocenters. The molecule has 0 aliphatic carbocycles. The van der Waals surface area contributed by atoms with Crippen LogP contribution in [0, 0.1) is 0 Å². The van der Waals surface area contributed by atoms with Gasteiger partial charge in [-0.2, -0.15) is 4.98 Å². The van der Waals surface area contributed by atoms with E-state index >= 15 is 0 Å². The first-order valence-electron chi connectivity index (χ1n) is 5.00. The van der Waals surface area contributed by atoms with Crippen LogP contribution in [0.3, 0.4) is 0 Å². The zero-order valence-electron chi connectivity index (χ0n) is 9.14. The Morgan fingerprint density at radius 2 is 2.06 bits per heavy atom. The first kappa shape index (κ1) is 10.5. The Hall–Kier alpha value is -2.04. The van der Waals surface area contributed by atoms with Gasteiger partial charge in [-0.15, -0.1) is 0 Å². The van der Waals surface area contributed by atoms with Gasteiger partial charge < -0.3 is 15.4 Å². The Kier molecular flexibility index (Phi) is 2.52. The van der Waals surface area contributed by atoms with Gasteiger partial charge in [0.15, 0.2) is 0 Å². The number of hydrogen-bond donors (Lipinski definition) is 2. The number of rotatable bonds is 2. The second-order valence-electron chi connectivity index (χ2n) is 3.92. The molecule has 1 aromatic heterocycles. The molecule has 0 spiro atoms. The second-order valence-corrected chi connectivity index (χ2v) is 3.92. The highest BCUT2D eigenvalue weighted by Crippen LogP contribution is 2.25. The van der Waals surface area contributed by atoms with E-state index in [-0.39, 0.29) is 11.7 Å². The Labute approximate surface area is 92.9 Å². The molecular formula is C11H13N3O2. The molecule has 0 aliphatic rings. The smallest absolute Gasteiger partial charge is 0.229 e. The zero-order chi connectivity index (χ0) is 11.7. The Morgan fingerprint density at radius 3 is 2.62 bits per heavy atom. The standard InChI is InChI=1S/C11H13N3O2/c1-6(2)11-13-10(14-16-11)7-3-8(12)5-9(15)4-7/h3-6,15H,12H2,1-2H3. The summed E-state index contributed by atoms with van der Waals surface area (Å²) in [5, 5.41) is 13.2. The summed E-state index contributed by atoms with van der Waals surface area (Å²) in [4.78, 5) is 4.22. The number of benzene rings is 1. The highest BCUT2D eigenvalue weighted by Gasteiger charge is 2.12. The fourth-order valence-electron chi connectivity index (χ4n) is 1.35. The minimum atomic E-state index is 0.0888. The van der Waals surface area contributed by atoms with E-state index in [0.29, 0.717) is 23.0 Å². The van der Waals surface area contributed by atoms with Crippen LogP contribution in [-0.2, 0) is 0 Å². The number of hydrogen-bond acceptors (Lipinski definition) is 5. The predicted molar refractivity (Wildman–Crippen MR) is 59.9 cm³/mol. The summed E-state index contributed by atoms with van der Waals surface area (Å²) in [5.41, 5.74) is 6.73. The van der Waals surface area contributed by atoms with Gasteiger partial charge in [0.25, 0.3) is 0 Å². The SMILES string of the molecule is CC(C)c1nc(-c2cc(N)cc(O)c2)no1. The number of phenolic OH excluding ortho intramolecular Hbond substituents is 1. The largest absolute Gasteiger partial charge is 0.508 e. The van der Waals surface area contributed by atoms with E-state index in [9.17, 15) is 5.11 Å². The Balaban J connectivity index is 2.42. The van der Waals surface area contributed by atoms with Gasteiger partial charge in [-0.25, -0.2) is 0 Å². The van der Waals surface area contributed by atoms with Crippen LogP contribution in [-0.4, -0.2) is 15.2 Å². The van der Waals surface area contributed by atoms with Crippen molar-refractivity contribution < 1.29 is 9.63 Å². The molecule has 0 aliphatic heterocycles. The zero-order valence-corrected chi connectivity index (χ0v) is 9.14. The van der Waals surface area contributed by atoms with Gasteiger partial charge in [-0.1, -0.05) is 19.0 Å². The second kappa shape index (κ2) is 3.84. The molecule has 5 heteroatoms. The fourth-order valence-corrected chi connectivity index (χ4v) is 1.35. The first-order chi connectivity index (χ1) is 7.56. The van der Waals surface area contributed by atoms with Gasteiger partial charge in [-0.3, -0.25) is 0 Å². The third kappa shape index (κ3) is 1.98. The van der Waals surface area contributed by atoms with Gasteiger partial charge >= 0.3 is 0 Å². The normalized spacial score (nSPS) is 10.9. The molecule has 0 unspecified atom stereocenters. The lowest BCUT2D eigenvalue weighted by Gasteiger charge is -1.99. The third-order valence-corrected chi connectivity index (χ3v) is 2.13. The molecule has 84 valence electrons. The summed E-state index contributed by atoms with van der Waals surface area (Å²) in [6, 6.07) is 4.70. The molecule has 0 saturated heterocycles. The summed E-state index contributed by atoms with van der Waals surface area (Å²) in [6.45, 7) is 3.93. The quantitative estimate of drug-likeness (QED) is 0.756. The predicted octanol–water partition coefficient (Wildman–Crippen LogP) is 2.15.